The van der Waals surface area contributed by atoms with Crippen molar-refractivity contribution in [3.05, 3.63) is 59.4 Å². The molecule has 3 aromatic rings. The van der Waals surface area contributed by atoms with Gasteiger partial charge in [0.05, 0.1) is 13.1 Å². The Morgan fingerprint density at radius 3 is 3.00 bits per heavy atom. The van der Waals surface area contributed by atoms with Crippen LogP contribution in [0.3, 0.4) is 0 Å². The van der Waals surface area contributed by atoms with Crippen LogP contribution in [0.4, 0.5) is 0 Å². The van der Waals surface area contributed by atoms with Crippen molar-refractivity contribution in [2.75, 3.05) is 13.1 Å². The summed E-state index contributed by atoms with van der Waals surface area (Å²) < 4.78 is 5.71. The van der Waals surface area contributed by atoms with Crippen LogP contribution in [-0.4, -0.2) is 40.0 Å². The van der Waals surface area contributed by atoms with Gasteiger partial charge in [-0.2, -0.15) is 0 Å². The molecule has 0 unspecified atom stereocenters. The van der Waals surface area contributed by atoms with E-state index in [-0.39, 0.29) is 12.0 Å². The third kappa shape index (κ3) is 2.64. The number of ether oxygens (including phenoxy) is 1. The molecule has 5 nitrogen and oxygen atoms in total. The van der Waals surface area contributed by atoms with E-state index in [1.54, 1.807) is 23.2 Å². The molecule has 1 amide bonds. The van der Waals surface area contributed by atoms with Gasteiger partial charge in [0, 0.05) is 23.5 Å². The third-order valence-electron chi connectivity index (χ3n) is 3.94. The van der Waals surface area contributed by atoms with E-state index in [4.69, 9.17) is 16.3 Å². The van der Waals surface area contributed by atoms with Crippen LogP contribution in [0.1, 0.15) is 10.4 Å². The maximum Gasteiger partial charge on any atom is 0.254 e. The molecule has 116 valence electrons. The number of hydrogen-bond acceptors (Lipinski definition) is 3. The molecule has 1 saturated heterocycles. The van der Waals surface area contributed by atoms with Crippen molar-refractivity contribution in [1.82, 2.24) is 14.9 Å². The normalized spacial score (nSPS) is 14.7. The summed E-state index contributed by atoms with van der Waals surface area (Å²) >= 11 is 6.02. The Kier molecular flexibility index (Phi) is 3.42. The number of halogens is 1. The maximum absolute atomic E-state index is 12.5. The standard InChI is InChI=1S/C17H14ClN3O2/c18-14-2-1-6-20-16(14)23-13-9-21(10-13)17(22)12-4-3-11-5-7-19-15(11)8-12/h1-8,13,19H,9-10H2. The van der Waals surface area contributed by atoms with Crippen LogP contribution in [0.2, 0.25) is 5.02 Å². The second-order valence-electron chi connectivity index (χ2n) is 5.52. The van der Waals surface area contributed by atoms with Gasteiger partial charge in [-0.25, -0.2) is 4.98 Å². The Morgan fingerprint density at radius 1 is 1.30 bits per heavy atom. The van der Waals surface area contributed by atoms with Gasteiger partial charge < -0.3 is 14.6 Å². The molecular weight excluding hydrogens is 314 g/mol. The molecule has 1 aliphatic heterocycles. The number of likely N-dealkylation sites (tertiary alicyclic amines) is 1. The minimum atomic E-state index is -0.0689. The molecule has 23 heavy (non-hydrogen) atoms. The van der Waals surface area contributed by atoms with E-state index in [9.17, 15) is 4.79 Å². The van der Waals surface area contributed by atoms with Crippen LogP contribution >= 0.6 is 11.6 Å². The number of hydrogen-bond donors (Lipinski definition) is 1. The number of aromatic amines is 1. The predicted molar refractivity (Wildman–Crippen MR) is 87.9 cm³/mol. The highest BCUT2D eigenvalue weighted by atomic mass is 35.5. The second-order valence-corrected chi connectivity index (χ2v) is 5.93. The largest absolute Gasteiger partial charge is 0.470 e. The predicted octanol–water partition coefficient (Wildman–Crippen LogP) is 3.12. The Hall–Kier alpha value is -2.53. The summed E-state index contributed by atoms with van der Waals surface area (Å²) in [6.07, 6.45) is 3.43. The van der Waals surface area contributed by atoms with E-state index >= 15 is 0 Å². The quantitative estimate of drug-likeness (QED) is 0.804. The van der Waals surface area contributed by atoms with Gasteiger partial charge in [-0.15, -0.1) is 0 Å². The Balaban J connectivity index is 1.41. The van der Waals surface area contributed by atoms with Gasteiger partial charge in [0.2, 0.25) is 5.88 Å². The van der Waals surface area contributed by atoms with Gasteiger partial charge in [0.1, 0.15) is 11.1 Å². The van der Waals surface area contributed by atoms with Gasteiger partial charge in [-0.1, -0.05) is 17.7 Å². The number of amides is 1. The Bertz CT molecular complexity index is 871. The smallest absolute Gasteiger partial charge is 0.254 e. The molecule has 3 heterocycles. The van der Waals surface area contributed by atoms with Gasteiger partial charge >= 0.3 is 0 Å². The summed E-state index contributed by atoms with van der Waals surface area (Å²) in [5, 5.41) is 1.57. The zero-order chi connectivity index (χ0) is 15.8. The van der Waals surface area contributed by atoms with Gasteiger partial charge in [0.15, 0.2) is 0 Å². The summed E-state index contributed by atoms with van der Waals surface area (Å²) in [6, 6.07) is 11.1. The van der Waals surface area contributed by atoms with Crippen molar-refractivity contribution in [3.8, 4) is 5.88 Å². The molecule has 1 aromatic carbocycles. The lowest BCUT2D eigenvalue weighted by Crippen LogP contribution is -2.56. The summed E-state index contributed by atoms with van der Waals surface area (Å²) in [5.41, 5.74) is 1.64. The first-order chi connectivity index (χ1) is 11.2. The summed E-state index contributed by atoms with van der Waals surface area (Å²) in [6.45, 7) is 1.07. The molecule has 2 aromatic heterocycles. The van der Waals surface area contributed by atoms with E-state index in [0.29, 0.717) is 29.6 Å². The number of pyridine rings is 1. The molecule has 0 aliphatic carbocycles. The monoisotopic (exact) mass is 327 g/mol. The summed E-state index contributed by atoms with van der Waals surface area (Å²) in [5.74, 6) is 0.424. The highest BCUT2D eigenvalue weighted by molar-refractivity contribution is 6.31. The number of nitrogens with one attached hydrogen (secondary N) is 1. The number of H-pyrrole nitrogens is 1. The zero-order valence-electron chi connectivity index (χ0n) is 12.2. The van der Waals surface area contributed by atoms with Gasteiger partial charge in [-0.3, -0.25) is 4.79 Å². The number of nitrogens with zero attached hydrogens (tertiary/aromatic N) is 2. The lowest BCUT2D eigenvalue weighted by Gasteiger charge is -2.38. The van der Waals surface area contributed by atoms with Gasteiger partial charge in [-0.05, 0) is 35.7 Å². The van der Waals surface area contributed by atoms with E-state index in [1.807, 2.05) is 30.5 Å². The van der Waals surface area contributed by atoms with Crippen LogP contribution in [0.15, 0.2) is 48.8 Å². The second kappa shape index (κ2) is 5.59. The SMILES string of the molecule is O=C(c1ccc2cc[nH]c2c1)N1CC(Oc2ncccc2Cl)C1. The molecule has 4 rings (SSSR count). The number of aromatic nitrogens is 2. The van der Waals surface area contributed by atoms with Crippen LogP contribution in [-0.2, 0) is 0 Å². The van der Waals surface area contributed by atoms with Gasteiger partial charge in [0.25, 0.3) is 5.91 Å². The Morgan fingerprint density at radius 2 is 2.17 bits per heavy atom. The molecule has 1 fully saturated rings. The highest BCUT2D eigenvalue weighted by Crippen LogP contribution is 2.25. The minimum Gasteiger partial charge on any atom is -0.470 e. The lowest BCUT2D eigenvalue weighted by molar-refractivity contribution is 0.0161. The topological polar surface area (TPSA) is 58.2 Å². The molecule has 1 aliphatic rings. The number of rotatable bonds is 3. The van der Waals surface area contributed by atoms with Crippen LogP contribution in [0.5, 0.6) is 5.88 Å². The molecule has 6 heteroatoms. The van der Waals surface area contributed by atoms with E-state index < -0.39 is 0 Å². The number of benzene rings is 1. The number of carbonyl (C=O) groups excluding carboxylic acids is 1. The minimum absolute atomic E-state index is 0.00784. The summed E-state index contributed by atoms with van der Waals surface area (Å²) in [4.78, 5) is 21.4. The fourth-order valence-corrected chi connectivity index (χ4v) is 2.82. The zero-order valence-corrected chi connectivity index (χ0v) is 13.0. The van der Waals surface area contributed by atoms with Crippen molar-refractivity contribution < 1.29 is 9.53 Å². The van der Waals surface area contributed by atoms with Crippen LogP contribution < -0.4 is 4.74 Å². The van der Waals surface area contributed by atoms with Crippen LogP contribution in [0.25, 0.3) is 10.9 Å². The fraction of sp³-hybridized carbons (Fsp3) is 0.176. The number of fused-ring (bicyclic) bond motifs is 1. The third-order valence-corrected chi connectivity index (χ3v) is 4.23. The molecule has 0 saturated carbocycles. The maximum atomic E-state index is 12.5. The summed E-state index contributed by atoms with van der Waals surface area (Å²) in [7, 11) is 0. The van der Waals surface area contributed by atoms with Crippen LogP contribution in [0, 0.1) is 0 Å². The average molecular weight is 328 g/mol. The molecule has 0 radical (unpaired) electrons. The molecule has 1 N–H and O–H groups in total. The molecular formula is C17H14ClN3O2. The first-order valence-electron chi connectivity index (χ1n) is 7.34. The van der Waals surface area contributed by atoms with E-state index in [2.05, 4.69) is 9.97 Å². The molecule has 0 bridgehead atoms. The first kappa shape index (κ1) is 14.1. The fourth-order valence-electron chi connectivity index (χ4n) is 2.66. The van der Waals surface area contributed by atoms with Crippen molar-refractivity contribution >= 4 is 28.4 Å². The number of carbonyl (C=O) groups is 1. The average Bonchev–Trinajstić information content (AvgIpc) is 2.99. The lowest BCUT2D eigenvalue weighted by atomic mass is 10.1. The first-order valence-corrected chi connectivity index (χ1v) is 7.72. The molecule has 0 spiro atoms. The van der Waals surface area contributed by atoms with Crippen molar-refractivity contribution in [2.45, 2.75) is 6.10 Å². The van der Waals surface area contributed by atoms with E-state index in [0.717, 1.165) is 10.9 Å². The Labute approximate surface area is 137 Å². The van der Waals surface area contributed by atoms with E-state index in [1.165, 1.54) is 0 Å². The highest BCUT2D eigenvalue weighted by Gasteiger charge is 2.33. The van der Waals surface area contributed by atoms with Crippen molar-refractivity contribution in [2.24, 2.45) is 0 Å². The van der Waals surface area contributed by atoms with Crippen molar-refractivity contribution in [3.63, 3.8) is 0 Å². The van der Waals surface area contributed by atoms with Crippen molar-refractivity contribution in [1.29, 1.82) is 0 Å². The molecule has 0 atom stereocenters.